The molecule has 3 heterocycles. The van der Waals surface area contributed by atoms with Gasteiger partial charge in [0.25, 0.3) is 0 Å². The van der Waals surface area contributed by atoms with Crippen LogP contribution in [-0.4, -0.2) is 79.7 Å². The van der Waals surface area contributed by atoms with Gasteiger partial charge < -0.3 is 39.3 Å². The first-order chi connectivity index (χ1) is 27.4. The fraction of sp³-hybridized carbons (Fsp3) is 0.386. The highest BCUT2D eigenvalue weighted by Gasteiger charge is 2.27. The quantitative estimate of drug-likeness (QED) is 0.111. The second kappa shape index (κ2) is 16.2. The number of nitrogens with zero attached hydrogens (tertiary/aromatic N) is 4. The van der Waals surface area contributed by atoms with Crippen molar-refractivity contribution in [1.82, 2.24) is 35.1 Å². The van der Waals surface area contributed by atoms with Gasteiger partial charge in [0.15, 0.2) is 0 Å². The van der Waals surface area contributed by atoms with E-state index in [9.17, 15) is 14.4 Å². The van der Waals surface area contributed by atoms with Crippen LogP contribution in [0.15, 0.2) is 60.7 Å². The third-order valence-corrected chi connectivity index (χ3v) is 10.1. The average Bonchev–Trinajstić information content (AvgIpc) is 3.80. The lowest BCUT2D eigenvalue weighted by Crippen LogP contribution is -2.48. The van der Waals surface area contributed by atoms with Crippen molar-refractivity contribution in [3.8, 4) is 28.0 Å². The van der Waals surface area contributed by atoms with Gasteiger partial charge in [-0.1, -0.05) is 45.0 Å². The molecule has 0 bridgehead atoms. The number of fused-ring (bicyclic) bond motifs is 7. The number of rotatable bonds is 12. The molecule has 57 heavy (non-hydrogen) atoms. The van der Waals surface area contributed by atoms with Crippen molar-refractivity contribution in [2.75, 3.05) is 20.2 Å². The van der Waals surface area contributed by atoms with Crippen LogP contribution in [-0.2, 0) is 34.0 Å². The molecule has 1 atom stereocenters. The summed E-state index contributed by atoms with van der Waals surface area (Å²) in [6.07, 6.45) is 1.03. The summed E-state index contributed by atoms with van der Waals surface area (Å²) in [5, 5.41) is 4.66. The Hall–Kier alpha value is -6.11. The summed E-state index contributed by atoms with van der Waals surface area (Å²) in [6.45, 7) is 13.6. The largest absolute Gasteiger partial charge is 0.488 e. The number of carbonyl (C=O) groups is 3. The standard InChI is InChI=1S/C44H51N7O6/c1-8-17-50(41(52)33(10-3)48-42(53)55-7)23-38-45-34-15-12-27(21-36(34)47-38)26-11-14-30-29(19-26)25-56-37-22-31-28(20-32(30)37)13-16-35-40(31)49-39(46-35)24-51(18-9-2)43(54)57-44(4,5)6/h11-16,19-22,33H,8-10,17-18,23-25H2,1-7H3,(H,45,47)(H,46,49)(H,48,53). The van der Waals surface area contributed by atoms with Crippen molar-refractivity contribution in [2.24, 2.45) is 0 Å². The molecule has 13 heteroatoms. The normalized spacial score (nSPS) is 12.8. The van der Waals surface area contributed by atoms with Crippen LogP contribution < -0.4 is 10.1 Å². The molecule has 6 aromatic rings. The number of alkyl carbamates (subject to hydrolysis) is 1. The van der Waals surface area contributed by atoms with Gasteiger partial charge in [0.05, 0.1) is 42.3 Å². The Morgan fingerprint density at radius 2 is 1.54 bits per heavy atom. The zero-order chi connectivity index (χ0) is 40.4. The number of hydrogen-bond acceptors (Lipinski definition) is 8. The van der Waals surface area contributed by atoms with Crippen LogP contribution in [0, 0.1) is 0 Å². The average molecular weight is 774 g/mol. The highest BCUT2D eigenvalue weighted by molar-refractivity contribution is 6.07. The van der Waals surface area contributed by atoms with Gasteiger partial charge >= 0.3 is 12.2 Å². The van der Waals surface area contributed by atoms with E-state index < -0.39 is 17.7 Å². The third-order valence-electron chi connectivity index (χ3n) is 10.1. The Balaban J connectivity index is 1.12. The smallest absolute Gasteiger partial charge is 0.410 e. The van der Waals surface area contributed by atoms with Gasteiger partial charge in [-0.2, -0.15) is 0 Å². The molecule has 0 aliphatic carbocycles. The van der Waals surface area contributed by atoms with Crippen molar-refractivity contribution in [1.29, 1.82) is 0 Å². The van der Waals surface area contributed by atoms with Crippen LogP contribution in [0.3, 0.4) is 0 Å². The fourth-order valence-electron chi connectivity index (χ4n) is 7.40. The molecule has 1 unspecified atom stereocenters. The second-order valence-corrected chi connectivity index (χ2v) is 15.5. The van der Waals surface area contributed by atoms with Crippen molar-refractivity contribution < 1.29 is 28.6 Å². The number of ether oxygens (including phenoxy) is 3. The number of aromatic nitrogens is 4. The Morgan fingerprint density at radius 3 is 2.28 bits per heavy atom. The van der Waals surface area contributed by atoms with Gasteiger partial charge in [0, 0.05) is 24.0 Å². The number of hydrogen-bond donors (Lipinski definition) is 3. The van der Waals surface area contributed by atoms with Crippen LogP contribution in [0.4, 0.5) is 9.59 Å². The molecule has 0 saturated heterocycles. The van der Waals surface area contributed by atoms with Crippen LogP contribution in [0.25, 0.3) is 55.1 Å². The molecular formula is C44H51N7O6. The van der Waals surface area contributed by atoms with Crippen LogP contribution in [0.5, 0.6) is 5.75 Å². The minimum atomic E-state index is -0.681. The number of aromatic amines is 2. The van der Waals surface area contributed by atoms with Gasteiger partial charge in [0.2, 0.25) is 5.91 Å². The van der Waals surface area contributed by atoms with E-state index in [1.807, 2.05) is 53.7 Å². The fourth-order valence-corrected chi connectivity index (χ4v) is 7.40. The number of imidazole rings is 2. The maximum atomic E-state index is 13.4. The monoisotopic (exact) mass is 773 g/mol. The molecule has 2 aromatic heterocycles. The first-order valence-electron chi connectivity index (χ1n) is 19.7. The number of nitrogens with one attached hydrogen (secondary N) is 3. The first-order valence-corrected chi connectivity index (χ1v) is 19.7. The van der Waals surface area contributed by atoms with E-state index >= 15 is 0 Å². The third kappa shape index (κ3) is 8.37. The molecule has 0 spiro atoms. The van der Waals surface area contributed by atoms with Gasteiger partial charge in [-0.3, -0.25) is 4.79 Å². The topological polar surface area (TPSA) is 155 Å². The number of amides is 3. The highest BCUT2D eigenvalue weighted by Crippen LogP contribution is 2.42. The van der Waals surface area contributed by atoms with E-state index in [0.717, 1.165) is 79.2 Å². The van der Waals surface area contributed by atoms with Crippen LogP contribution in [0.1, 0.15) is 78.0 Å². The van der Waals surface area contributed by atoms with E-state index in [2.05, 4.69) is 63.8 Å². The molecule has 4 aromatic carbocycles. The molecular weight excluding hydrogens is 723 g/mol. The van der Waals surface area contributed by atoms with E-state index in [1.165, 1.54) is 7.11 Å². The molecule has 1 aliphatic heterocycles. The number of benzene rings is 4. The van der Waals surface area contributed by atoms with E-state index in [-0.39, 0.29) is 12.0 Å². The molecule has 7 rings (SSSR count). The van der Waals surface area contributed by atoms with Crippen molar-refractivity contribution in [2.45, 2.75) is 92.1 Å². The first kappa shape index (κ1) is 39.1. The molecule has 1 aliphatic rings. The van der Waals surface area contributed by atoms with Crippen LogP contribution >= 0.6 is 0 Å². The molecule has 13 nitrogen and oxygen atoms in total. The molecule has 0 fully saturated rings. The Morgan fingerprint density at radius 1 is 0.842 bits per heavy atom. The molecule has 3 N–H and O–H groups in total. The minimum Gasteiger partial charge on any atom is -0.488 e. The van der Waals surface area contributed by atoms with Crippen LogP contribution in [0.2, 0.25) is 0 Å². The predicted molar refractivity (Wildman–Crippen MR) is 221 cm³/mol. The summed E-state index contributed by atoms with van der Waals surface area (Å²) < 4.78 is 16.8. The lowest BCUT2D eigenvalue weighted by molar-refractivity contribution is -0.134. The van der Waals surface area contributed by atoms with Gasteiger partial charge in [-0.05, 0) is 104 Å². The predicted octanol–water partition coefficient (Wildman–Crippen LogP) is 8.84. The van der Waals surface area contributed by atoms with E-state index in [1.54, 1.807) is 9.80 Å². The molecule has 298 valence electrons. The van der Waals surface area contributed by atoms with Crippen molar-refractivity contribution >= 4 is 50.9 Å². The minimum absolute atomic E-state index is 0.175. The highest BCUT2D eigenvalue weighted by atomic mass is 16.6. The lowest BCUT2D eigenvalue weighted by Gasteiger charge is -2.26. The van der Waals surface area contributed by atoms with Gasteiger partial charge in [-0.15, -0.1) is 0 Å². The zero-order valence-electron chi connectivity index (χ0n) is 33.7. The maximum absolute atomic E-state index is 13.4. The van der Waals surface area contributed by atoms with E-state index in [4.69, 9.17) is 24.2 Å². The van der Waals surface area contributed by atoms with Crippen molar-refractivity contribution in [3.05, 3.63) is 77.9 Å². The Labute approximate surface area is 332 Å². The van der Waals surface area contributed by atoms with E-state index in [0.29, 0.717) is 50.9 Å². The lowest BCUT2D eigenvalue weighted by atomic mass is 9.91. The Kier molecular flexibility index (Phi) is 11.1. The maximum Gasteiger partial charge on any atom is 0.410 e. The SMILES string of the molecule is CCCN(Cc1nc2c(ccc3cc4c(cc32)OCc2cc(-c3ccc5nc(CN(CCC)C(=O)C(CC)NC(=O)OC)[nH]c5c3)ccc2-4)[nH]1)C(=O)OC(C)(C)C. The van der Waals surface area contributed by atoms with Crippen molar-refractivity contribution in [3.63, 3.8) is 0 Å². The molecule has 3 amide bonds. The Bertz CT molecular complexity index is 2460. The summed E-state index contributed by atoms with van der Waals surface area (Å²) in [7, 11) is 1.28. The summed E-state index contributed by atoms with van der Waals surface area (Å²) in [5.74, 6) is 1.99. The number of H-pyrrole nitrogens is 2. The van der Waals surface area contributed by atoms with Gasteiger partial charge in [0.1, 0.15) is 35.6 Å². The zero-order valence-corrected chi connectivity index (χ0v) is 33.7. The summed E-state index contributed by atoms with van der Waals surface area (Å²) in [4.78, 5) is 58.1. The van der Waals surface area contributed by atoms with Gasteiger partial charge in [-0.25, -0.2) is 19.6 Å². The molecule has 0 radical (unpaired) electrons. The number of carbonyl (C=O) groups excluding carboxylic acids is 3. The molecule has 0 saturated carbocycles. The summed E-state index contributed by atoms with van der Waals surface area (Å²) >= 11 is 0. The summed E-state index contributed by atoms with van der Waals surface area (Å²) in [6, 6.07) is 20.3. The summed E-state index contributed by atoms with van der Waals surface area (Å²) in [5.41, 5.74) is 8.13. The second-order valence-electron chi connectivity index (χ2n) is 15.5. The number of methoxy groups -OCH3 is 1.